The summed E-state index contributed by atoms with van der Waals surface area (Å²) in [6, 6.07) is 11.6. The fourth-order valence-corrected chi connectivity index (χ4v) is 3.22. The highest BCUT2D eigenvalue weighted by Gasteiger charge is 2.26. The zero-order valence-corrected chi connectivity index (χ0v) is 12.0. The molecule has 1 aliphatic rings. The third kappa shape index (κ3) is 4.05. The molecule has 0 heterocycles. The van der Waals surface area contributed by atoms with E-state index in [9.17, 15) is 5.11 Å². The first-order valence-electron chi connectivity index (χ1n) is 7.77. The molecule has 2 nitrogen and oxygen atoms in total. The fourth-order valence-electron chi connectivity index (χ4n) is 3.22. The summed E-state index contributed by atoms with van der Waals surface area (Å²) in [6.07, 6.45) is 7.29. The van der Waals surface area contributed by atoms with Gasteiger partial charge >= 0.3 is 0 Å². The Morgan fingerprint density at radius 2 is 1.95 bits per heavy atom. The molecular weight excluding hydrogens is 234 g/mol. The number of hydrogen-bond donors (Lipinski definition) is 2. The van der Waals surface area contributed by atoms with E-state index in [0.717, 1.165) is 0 Å². The van der Waals surface area contributed by atoms with Crippen molar-refractivity contribution in [2.24, 2.45) is 5.92 Å². The van der Waals surface area contributed by atoms with Crippen LogP contribution in [0.3, 0.4) is 0 Å². The van der Waals surface area contributed by atoms with Gasteiger partial charge in [-0.25, -0.2) is 0 Å². The molecule has 1 aromatic carbocycles. The summed E-state index contributed by atoms with van der Waals surface area (Å²) in [5.41, 5.74) is 1.38. The van der Waals surface area contributed by atoms with Gasteiger partial charge < -0.3 is 10.4 Å². The Morgan fingerprint density at radius 3 is 2.63 bits per heavy atom. The third-order valence-electron chi connectivity index (χ3n) is 4.34. The van der Waals surface area contributed by atoms with Crippen molar-refractivity contribution in [2.75, 3.05) is 6.61 Å². The Labute approximate surface area is 117 Å². The van der Waals surface area contributed by atoms with Gasteiger partial charge in [0.2, 0.25) is 0 Å². The third-order valence-corrected chi connectivity index (χ3v) is 4.34. The minimum atomic E-state index is 0.325. The Kier molecular flexibility index (Phi) is 5.87. The predicted molar refractivity (Wildman–Crippen MR) is 80.1 cm³/mol. The number of aliphatic hydroxyl groups excluding tert-OH is 1. The summed E-state index contributed by atoms with van der Waals surface area (Å²) in [6.45, 7) is 2.56. The summed E-state index contributed by atoms with van der Waals surface area (Å²) >= 11 is 0. The second-order valence-corrected chi connectivity index (χ2v) is 5.75. The van der Waals surface area contributed by atoms with Gasteiger partial charge in [0.05, 0.1) is 0 Å². The second kappa shape index (κ2) is 7.66. The van der Waals surface area contributed by atoms with Crippen molar-refractivity contribution in [3.8, 4) is 0 Å². The van der Waals surface area contributed by atoms with Crippen LogP contribution in [0.2, 0.25) is 0 Å². The van der Waals surface area contributed by atoms with Crippen LogP contribution in [0.1, 0.15) is 57.1 Å². The van der Waals surface area contributed by atoms with Gasteiger partial charge in [-0.15, -0.1) is 0 Å². The summed E-state index contributed by atoms with van der Waals surface area (Å²) < 4.78 is 0. The number of hydrogen-bond acceptors (Lipinski definition) is 2. The van der Waals surface area contributed by atoms with Crippen LogP contribution in [-0.4, -0.2) is 17.8 Å². The second-order valence-electron chi connectivity index (χ2n) is 5.75. The normalized spacial score (nSPS) is 25.2. The maximum absolute atomic E-state index is 9.53. The Bertz CT molecular complexity index is 352. The largest absolute Gasteiger partial charge is 0.396 e. The lowest BCUT2D eigenvalue weighted by Gasteiger charge is -2.34. The van der Waals surface area contributed by atoms with Crippen LogP contribution in [0, 0.1) is 5.92 Å². The number of nitrogens with one attached hydrogen (secondary N) is 1. The Balaban J connectivity index is 2.03. The maximum Gasteiger partial charge on any atom is 0.0474 e. The average molecular weight is 261 g/mol. The number of benzene rings is 1. The van der Waals surface area contributed by atoms with Gasteiger partial charge in [0.25, 0.3) is 0 Å². The van der Waals surface area contributed by atoms with E-state index in [1.54, 1.807) is 0 Å². The van der Waals surface area contributed by atoms with Crippen molar-refractivity contribution in [3.05, 3.63) is 35.9 Å². The molecular formula is C17H27NO. The highest BCUT2D eigenvalue weighted by Crippen LogP contribution is 2.28. The lowest BCUT2D eigenvalue weighted by molar-refractivity contribution is 0.144. The van der Waals surface area contributed by atoms with Crippen LogP contribution in [0.4, 0.5) is 0 Å². The van der Waals surface area contributed by atoms with E-state index in [1.807, 2.05) is 0 Å². The molecule has 106 valence electrons. The summed E-state index contributed by atoms with van der Waals surface area (Å²) in [5.74, 6) is 0.441. The molecule has 1 saturated carbocycles. The van der Waals surface area contributed by atoms with Crippen LogP contribution in [0.15, 0.2) is 30.3 Å². The van der Waals surface area contributed by atoms with Crippen LogP contribution in [0.25, 0.3) is 0 Å². The van der Waals surface area contributed by atoms with Gasteiger partial charge in [0, 0.05) is 18.7 Å². The molecule has 3 atom stereocenters. The molecule has 0 bridgehead atoms. The van der Waals surface area contributed by atoms with Crippen LogP contribution in [0.5, 0.6) is 0 Å². The van der Waals surface area contributed by atoms with E-state index in [0.29, 0.717) is 24.6 Å². The quantitative estimate of drug-likeness (QED) is 0.819. The smallest absolute Gasteiger partial charge is 0.0474 e. The van der Waals surface area contributed by atoms with Gasteiger partial charge in [-0.1, -0.05) is 56.5 Å². The fraction of sp³-hybridized carbons (Fsp3) is 0.647. The molecule has 0 spiro atoms. The van der Waals surface area contributed by atoms with Crippen molar-refractivity contribution >= 4 is 0 Å². The topological polar surface area (TPSA) is 32.3 Å². The average Bonchev–Trinajstić information content (AvgIpc) is 2.48. The standard InChI is InChI=1S/C17H27NO/c1-2-8-16(14-9-4-3-5-10-14)18-17-12-7-6-11-15(17)13-19/h3-5,9-10,15-19H,2,6-8,11-13H2,1H3. The lowest BCUT2D eigenvalue weighted by atomic mass is 9.84. The van der Waals surface area contributed by atoms with E-state index in [2.05, 4.69) is 42.6 Å². The Morgan fingerprint density at radius 1 is 1.21 bits per heavy atom. The first-order valence-corrected chi connectivity index (χ1v) is 7.77. The first-order chi connectivity index (χ1) is 9.35. The van der Waals surface area contributed by atoms with Crippen molar-refractivity contribution in [1.29, 1.82) is 0 Å². The van der Waals surface area contributed by atoms with Crippen LogP contribution < -0.4 is 5.32 Å². The molecule has 19 heavy (non-hydrogen) atoms. The van der Waals surface area contributed by atoms with Gasteiger partial charge in [0.15, 0.2) is 0 Å². The van der Waals surface area contributed by atoms with Crippen molar-refractivity contribution in [2.45, 2.75) is 57.5 Å². The predicted octanol–water partition coefficient (Wildman–Crippen LogP) is 3.67. The summed E-state index contributed by atoms with van der Waals surface area (Å²) in [7, 11) is 0. The zero-order valence-electron chi connectivity index (χ0n) is 12.0. The van der Waals surface area contributed by atoms with E-state index in [4.69, 9.17) is 0 Å². The number of rotatable bonds is 6. The molecule has 0 radical (unpaired) electrons. The molecule has 2 rings (SSSR count). The molecule has 1 aliphatic carbocycles. The van der Waals surface area contributed by atoms with E-state index >= 15 is 0 Å². The monoisotopic (exact) mass is 261 g/mol. The molecule has 0 aliphatic heterocycles. The molecule has 1 fully saturated rings. The van der Waals surface area contributed by atoms with Crippen LogP contribution in [-0.2, 0) is 0 Å². The van der Waals surface area contributed by atoms with E-state index < -0.39 is 0 Å². The van der Waals surface area contributed by atoms with E-state index in [1.165, 1.54) is 44.1 Å². The number of aliphatic hydroxyl groups is 1. The van der Waals surface area contributed by atoms with Crippen molar-refractivity contribution < 1.29 is 5.11 Å². The van der Waals surface area contributed by atoms with Gasteiger partial charge in [-0.05, 0) is 30.7 Å². The first kappa shape index (κ1) is 14.5. The highest BCUT2D eigenvalue weighted by atomic mass is 16.3. The van der Waals surface area contributed by atoms with E-state index in [-0.39, 0.29) is 0 Å². The van der Waals surface area contributed by atoms with Crippen molar-refractivity contribution in [1.82, 2.24) is 5.32 Å². The lowest BCUT2D eigenvalue weighted by Crippen LogP contribution is -2.42. The minimum Gasteiger partial charge on any atom is -0.396 e. The molecule has 0 saturated heterocycles. The minimum absolute atomic E-state index is 0.325. The summed E-state index contributed by atoms with van der Waals surface area (Å²) in [4.78, 5) is 0. The SMILES string of the molecule is CCCC(NC1CCCCC1CO)c1ccccc1. The van der Waals surface area contributed by atoms with Crippen molar-refractivity contribution in [3.63, 3.8) is 0 Å². The maximum atomic E-state index is 9.53. The highest BCUT2D eigenvalue weighted by molar-refractivity contribution is 5.19. The van der Waals surface area contributed by atoms with Gasteiger partial charge in [-0.3, -0.25) is 0 Å². The molecule has 3 unspecified atom stereocenters. The molecule has 1 aromatic rings. The molecule has 0 amide bonds. The van der Waals surface area contributed by atoms with Crippen LogP contribution >= 0.6 is 0 Å². The summed E-state index contributed by atoms with van der Waals surface area (Å²) in [5, 5.41) is 13.3. The molecule has 2 heteroatoms. The van der Waals surface area contributed by atoms with Gasteiger partial charge in [0.1, 0.15) is 0 Å². The Hall–Kier alpha value is -0.860. The molecule has 0 aromatic heterocycles. The zero-order chi connectivity index (χ0) is 13.5. The van der Waals surface area contributed by atoms with Gasteiger partial charge in [-0.2, -0.15) is 0 Å². The molecule has 2 N–H and O–H groups in total.